The summed E-state index contributed by atoms with van der Waals surface area (Å²) >= 11 is 12.6. The third kappa shape index (κ3) is 3.94. The lowest BCUT2D eigenvalue weighted by molar-refractivity contribution is -0.138. The Morgan fingerprint density at radius 3 is 2.59 bits per heavy atom. The molecule has 1 unspecified atom stereocenters. The monoisotopic (exact) mass is 504 g/mol. The van der Waals surface area contributed by atoms with Crippen LogP contribution in [-0.2, 0) is 20.8 Å². The van der Waals surface area contributed by atoms with Gasteiger partial charge in [-0.3, -0.25) is 14.5 Å². The number of nitrogens with one attached hydrogen (secondary N) is 1. The average molecular weight is 505 g/mol. The van der Waals surface area contributed by atoms with E-state index in [1.54, 1.807) is 6.92 Å². The number of nitrogens with two attached hydrogens (primary N) is 1. The summed E-state index contributed by atoms with van der Waals surface area (Å²) in [5.41, 5.74) is 6.90. The van der Waals surface area contributed by atoms with E-state index in [4.69, 9.17) is 30.2 Å². The summed E-state index contributed by atoms with van der Waals surface area (Å²) in [4.78, 5) is 43.9. The van der Waals surface area contributed by atoms with Crippen molar-refractivity contribution in [3.05, 3.63) is 57.2 Å². The van der Waals surface area contributed by atoms with Gasteiger partial charge in [0.15, 0.2) is 0 Å². The topological polar surface area (TPSA) is 126 Å². The number of carbonyl (C=O) groups is 3. The van der Waals surface area contributed by atoms with Crippen LogP contribution in [0.25, 0.3) is 5.57 Å². The van der Waals surface area contributed by atoms with Crippen LogP contribution in [0, 0.1) is 6.92 Å². The number of thiocarbonyl (C=S) groups is 2. The molecule has 2 amide bonds. The second kappa shape index (κ2) is 8.70. The molecule has 1 aromatic heterocycles. The summed E-state index contributed by atoms with van der Waals surface area (Å²) in [6.45, 7) is 1.77. The molecule has 1 aromatic carbocycles. The Morgan fingerprint density at radius 2 is 2.00 bits per heavy atom. The van der Waals surface area contributed by atoms with Gasteiger partial charge < -0.3 is 16.2 Å². The van der Waals surface area contributed by atoms with Crippen molar-refractivity contribution in [2.75, 3.05) is 0 Å². The number of amides is 2. The molecular formula is C20H16N4O4S4. The van der Waals surface area contributed by atoms with Crippen molar-refractivity contribution in [1.82, 2.24) is 15.2 Å². The second-order valence-corrected chi connectivity index (χ2v) is 10.3. The molecule has 0 radical (unpaired) electrons. The molecule has 1 fully saturated rings. The van der Waals surface area contributed by atoms with Crippen molar-refractivity contribution in [2.45, 2.75) is 24.1 Å². The minimum Gasteiger partial charge on any atom is -0.477 e. The number of thiazole rings is 1. The van der Waals surface area contributed by atoms with Gasteiger partial charge in [0.1, 0.15) is 37.0 Å². The van der Waals surface area contributed by atoms with E-state index in [1.165, 1.54) is 23.1 Å². The van der Waals surface area contributed by atoms with Crippen molar-refractivity contribution >= 4 is 80.7 Å². The predicted molar refractivity (Wildman–Crippen MR) is 130 cm³/mol. The third-order valence-electron chi connectivity index (χ3n) is 4.87. The third-order valence-corrected chi connectivity index (χ3v) is 7.95. The molecule has 0 bridgehead atoms. The first-order chi connectivity index (χ1) is 15.2. The first-order valence-electron chi connectivity index (χ1n) is 9.30. The molecule has 2 atom stereocenters. The molecule has 8 nitrogen and oxygen atoms in total. The minimum atomic E-state index is -1.31. The predicted octanol–water partition coefficient (Wildman–Crippen LogP) is 1.85. The summed E-state index contributed by atoms with van der Waals surface area (Å²) in [7, 11) is 0. The molecule has 2 aromatic rings. The summed E-state index contributed by atoms with van der Waals surface area (Å²) in [5.74, 6) is -2.15. The van der Waals surface area contributed by atoms with Crippen LogP contribution in [0.5, 0.6) is 0 Å². The fourth-order valence-electron chi connectivity index (χ4n) is 3.43. The van der Waals surface area contributed by atoms with Crippen LogP contribution in [0.15, 0.2) is 36.0 Å². The normalized spacial score (nSPS) is 20.0. The van der Waals surface area contributed by atoms with Gasteiger partial charge in [0.25, 0.3) is 5.91 Å². The van der Waals surface area contributed by atoms with Gasteiger partial charge in [0, 0.05) is 4.88 Å². The summed E-state index contributed by atoms with van der Waals surface area (Å²) < 4.78 is 0. The maximum atomic E-state index is 12.8. The Hall–Kier alpha value is -2.67. The summed E-state index contributed by atoms with van der Waals surface area (Å²) in [5, 5.41) is 11.8. The van der Waals surface area contributed by atoms with Crippen molar-refractivity contribution < 1.29 is 19.5 Å². The zero-order valence-electron chi connectivity index (χ0n) is 16.5. The molecule has 4 rings (SSSR count). The lowest BCUT2D eigenvalue weighted by Gasteiger charge is -2.46. The van der Waals surface area contributed by atoms with Gasteiger partial charge in [-0.2, -0.15) is 0 Å². The highest BCUT2D eigenvalue weighted by Gasteiger charge is 2.53. The summed E-state index contributed by atoms with van der Waals surface area (Å²) in [6, 6.07) is 9.17. The molecule has 12 heteroatoms. The maximum absolute atomic E-state index is 12.8. The molecule has 3 heterocycles. The molecule has 0 aliphatic carbocycles. The second-order valence-electron chi connectivity index (χ2n) is 6.99. The number of aryl methyl sites for hydroxylation is 1. The number of aromatic nitrogens is 1. The van der Waals surface area contributed by atoms with Crippen molar-refractivity contribution in [1.29, 1.82) is 0 Å². The van der Waals surface area contributed by atoms with Gasteiger partial charge in [0.2, 0.25) is 5.91 Å². The Bertz CT molecular complexity index is 1210. The molecule has 32 heavy (non-hydrogen) atoms. The van der Waals surface area contributed by atoms with E-state index in [1.807, 2.05) is 30.3 Å². The van der Waals surface area contributed by atoms with E-state index in [0.717, 1.165) is 10.5 Å². The van der Waals surface area contributed by atoms with E-state index in [9.17, 15) is 19.5 Å². The number of rotatable bonds is 6. The number of hydrogen-bond donors (Lipinski definition) is 3. The number of hydrogen-bond acceptors (Lipinski definition) is 8. The smallest absolute Gasteiger partial charge is 0.353 e. The van der Waals surface area contributed by atoms with Gasteiger partial charge in [-0.25, -0.2) is 9.78 Å². The number of carbonyl (C=O) groups excluding carboxylic acids is 2. The standard InChI is InChI=1S/C20H16N4O4S4/c1-8-12(15(21)30)23-17(31-8)11-13(20(27)28)24-18(26)14(29)19(24)32-16(11)22-10(25)7-9-5-3-2-4-6-9/h2-6,16,19H,7H2,1H3,(H2,21,30)(H,22,25)(H,27,28)/t16?,19-/m0/s1. The Morgan fingerprint density at radius 1 is 1.31 bits per heavy atom. The Balaban J connectivity index is 1.77. The van der Waals surface area contributed by atoms with Crippen LogP contribution in [0.4, 0.5) is 0 Å². The minimum absolute atomic E-state index is 0.0784. The Kier molecular flexibility index (Phi) is 6.12. The van der Waals surface area contributed by atoms with Gasteiger partial charge in [0.05, 0.1) is 12.0 Å². The van der Waals surface area contributed by atoms with E-state index in [0.29, 0.717) is 15.6 Å². The fourth-order valence-corrected chi connectivity index (χ4v) is 6.51. The quantitative estimate of drug-likeness (QED) is 0.399. The average Bonchev–Trinajstić information content (AvgIpc) is 3.14. The number of carboxylic acids is 1. The fraction of sp³-hybridized carbons (Fsp3) is 0.200. The molecular weight excluding hydrogens is 489 g/mol. The SMILES string of the molecule is Cc1sc(C2=C(C(=O)O)N3C(=O)C(=S)[C@@H]3SC2NC(=O)Cc2ccccc2)nc1C(N)=S. The van der Waals surface area contributed by atoms with Crippen molar-refractivity contribution in [2.24, 2.45) is 5.73 Å². The number of fused-ring (bicyclic) bond motifs is 1. The zero-order valence-corrected chi connectivity index (χ0v) is 19.8. The number of nitrogens with zero attached hydrogens (tertiary/aromatic N) is 2. The first-order valence-corrected chi connectivity index (χ1v) is 11.9. The molecule has 0 saturated carbocycles. The van der Waals surface area contributed by atoms with Crippen LogP contribution < -0.4 is 11.1 Å². The Labute approximate surface area is 201 Å². The van der Waals surface area contributed by atoms with Gasteiger partial charge >= 0.3 is 5.97 Å². The van der Waals surface area contributed by atoms with Crippen LogP contribution in [0.3, 0.4) is 0 Å². The summed E-state index contributed by atoms with van der Waals surface area (Å²) in [6.07, 6.45) is 0.111. The first kappa shape index (κ1) is 22.5. The molecule has 2 aliphatic heterocycles. The number of carboxylic acid groups (broad SMARTS) is 1. The number of benzene rings is 1. The lowest BCUT2D eigenvalue weighted by atomic mass is 10.1. The largest absolute Gasteiger partial charge is 0.477 e. The highest BCUT2D eigenvalue weighted by Crippen LogP contribution is 2.46. The zero-order chi connectivity index (χ0) is 23.2. The number of aliphatic carboxylic acids is 1. The molecule has 1 saturated heterocycles. The van der Waals surface area contributed by atoms with Crippen LogP contribution >= 0.6 is 47.5 Å². The highest BCUT2D eigenvalue weighted by molar-refractivity contribution is 8.03. The van der Waals surface area contributed by atoms with Crippen molar-refractivity contribution in [3.63, 3.8) is 0 Å². The molecule has 164 valence electrons. The highest BCUT2D eigenvalue weighted by atomic mass is 32.2. The number of thioether (sulfide) groups is 1. The molecule has 2 aliphatic rings. The van der Waals surface area contributed by atoms with Crippen LogP contribution in [0.1, 0.15) is 21.1 Å². The van der Waals surface area contributed by atoms with Gasteiger partial charge in [-0.05, 0) is 12.5 Å². The van der Waals surface area contributed by atoms with E-state index in [-0.39, 0.29) is 33.5 Å². The van der Waals surface area contributed by atoms with Crippen molar-refractivity contribution in [3.8, 4) is 0 Å². The lowest BCUT2D eigenvalue weighted by Crippen LogP contribution is -2.63. The van der Waals surface area contributed by atoms with Crippen LogP contribution in [0.2, 0.25) is 0 Å². The van der Waals surface area contributed by atoms with Gasteiger partial charge in [-0.15, -0.1) is 23.1 Å². The van der Waals surface area contributed by atoms with Crippen LogP contribution in [-0.4, -0.2) is 53.4 Å². The van der Waals surface area contributed by atoms with E-state index in [2.05, 4.69) is 10.3 Å². The molecule has 0 spiro atoms. The maximum Gasteiger partial charge on any atom is 0.353 e. The molecule has 4 N–H and O–H groups in total. The van der Waals surface area contributed by atoms with E-state index >= 15 is 0 Å². The van der Waals surface area contributed by atoms with E-state index < -0.39 is 22.6 Å². The van der Waals surface area contributed by atoms with Gasteiger partial charge in [-0.1, -0.05) is 54.8 Å². The number of β-lactam (4-membered cyclic amide) rings is 1.